The van der Waals surface area contributed by atoms with E-state index in [1.807, 2.05) is 70.2 Å². The Kier molecular flexibility index (Phi) is 6.28. The van der Waals surface area contributed by atoms with Crippen LogP contribution in [0.1, 0.15) is 32.1 Å². The summed E-state index contributed by atoms with van der Waals surface area (Å²) < 4.78 is 1.77. The van der Waals surface area contributed by atoms with E-state index < -0.39 is 0 Å². The van der Waals surface area contributed by atoms with Gasteiger partial charge in [0.25, 0.3) is 5.91 Å². The SMILES string of the molecule is Cc1cc(C)c(NC(=O)CN(C)C(=O)c2cc3c(C)nn(-c4ccccc4Cl)c3s2)c(C)c1. The fourth-order valence-electron chi connectivity index (χ4n) is 3.97. The van der Waals surface area contributed by atoms with Gasteiger partial charge in [0.15, 0.2) is 0 Å². The van der Waals surface area contributed by atoms with Crippen molar-refractivity contribution in [2.45, 2.75) is 27.7 Å². The number of aromatic nitrogens is 2. The zero-order chi connectivity index (χ0) is 23.9. The third-order valence-electron chi connectivity index (χ3n) is 5.50. The van der Waals surface area contributed by atoms with E-state index in [0.29, 0.717) is 9.90 Å². The molecule has 4 rings (SSSR count). The third kappa shape index (κ3) is 4.51. The standard InChI is InChI=1S/C25H25ClN4O2S/c1-14-10-15(2)23(16(3)11-14)27-22(31)13-29(5)24(32)21-12-18-17(4)28-30(25(18)33-21)20-9-7-6-8-19(20)26/h6-12H,13H2,1-5H3,(H,27,31). The van der Waals surface area contributed by atoms with Gasteiger partial charge in [0, 0.05) is 18.1 Å². The van der Waals surface area contributed by atoms with Crippen LogP contribution in [0.5, 0.6) is 0 Å². The molecule has 0 fully saturated rings. The lowest BCUT2D eigenvalue weighted by molar-refractivity contribution is -0.116. The summed E-state index contributed by atoms with van der Waals surface area (Å²) >= 11 is 7.71. The third-order valence-corrected chi connectivity index (χ3v) is 6.92. The molecule has 0 saturated heterocycles. The first kappa shape index (κ1) is 23.0. The van der Waals surface area contributed by atoms with E-state index in [2.05, 4.69) is 10.4 Å². The van der Waals surface area contributed by atoms with Crippen molar-refractivity contribution in [3.8, 4) is 5.69 Å². The number of para-hydroxylation sites is 1. The van der Waals surface area contributed by atoms with Gasteiger partial charge in [-0.2, -0.15) is 5.10 Å². The zero-order valence-electron chi connectivity index (χ0n) is 19.2. The number of nitrogens with zero attached hydrogens (tertiary/aromatic N) is 3. The highest BCUT2D eigenvalue weighted by Gasteiger charge is 2.22. The summed E-state index contributed by atoms with van der Waals surface area (Å²) in [5.41, 5.74) is 5.51. The van der Waals surface area contributed by atoms with Crippen molar-refractivity contribution in [2.24, 2.45) is 0 Å². The van der Waals surface area contributed by atoms with Gasteiger partial charge < -0.3 is 10.2 Å². The van der Waals surface area contributed by atoms with Crippen molar-refractivity contribution >= 4 is 50.7 Å². The second-order valence-corrected chi connectivity index (χ2v) is 9.70. The molecule has 0 saturated carbocycles. The van der Waals surface area contributed by atoms with Crippen LogP contribution in [-0.2, 0) is 4.79 Å². The van der Waals surface area contributed by atoms with Crippen LogP contribution < -0.4 is 5.32 Å². The molecule has 8 heteroatoms. The van der Waals surface area contributed by atoms with Gasteiger partial charge >= 0.3 is 0 Å². The van der Waals surface area contributed by atoms with Crippen LogP contribution in [0.25, 0.3) is 15.9 Å². The number of halogens is 1. The summed E-state index contributed by atoms with van der Waals surface area (Å²) in [6, 6.07) is 13.3. The lowest BCUT2D eigenvalue weighted by Crippen LogP contribution is -2.34. The molecule has 0 aliphatic heterocycles. The first-order chi connectivity index (χ1) is 15.7. The Hall–Kier alpha value is -3.16. The molecule has 0 aliphatic carbocycles. The van der Waals surface area contributed by atoms with Crippen LogP contribution in [0.3, 0.4) is 0 Å². The van der Waals surface area contributed by atoms with E-state index in [9.17, 15) is 9.59 Å². The van der Waals surface area contributed by atoms with E-state index in [0.717, 1.165) is 44.0 Å². The summed E-state index contributed by atoms with van der Waals surface area (Å²) in [5.74, 6) is -0.450. The van der Waals surface area contributed by atoms with Crippen LogP contribution in [0.15, 0.2) is 42.5 Å². The molecule has 0 aliphatic rings. The molecule has 33 heavy (non-hydrogen) atoms. The molecule has 0 bridgehead atoms. The van der Waals surface area contributed by atoms with Gasteiger partial charge in [-0.05, 0) is 57.0 Å². The summed E-state index contributed by atoms with van der Waals surface area (Å²) in [5, 5.41) is 9.03. The van der Waals surface area contributed by atoms with Crippen LogP contribution in [0.2, 0.25) is 5.02 Å². The van der Waals surface area contributed by atoms with Gasteiger partial charge in [-0.1, -0.05) is 41.4 Å². The molecular formula is C25H25ClN4O2S. The van der Waals surface area contributed by atoms with E-state index in [-0.39, 0.29) is 18.4 Å². The maximum absolute atomic E-state index is 13.1. The number of likely N-dealkylation sites (N-methyl/N-ethyl adjacent to an activating group) is 1. The van der Waals surface area contributed by atoms with Crippen molar-refractivity contribution in [1.82, 2.24) is 14.7 Å². The number of carbonyl (C=O) groups excluding carboxylic acids is 2. The van der Waals surface area contributed by atoms with Gasteiger partial charge in [-0.3, -0.25) is 9.59 Å². The van der Waals surface area contributed by atoms with Crippen molar-refractivity contribution in [1.29, 1.82) is 0 Å². The smallest absolute Gasteiger partial charge is 0.264 e. The molecule has 6 nitrogen and oxygen atoms in total. The highest BCUT2D eigenvalue weighted by molar-refractivity contribution is 7.20. The fraction of sp³-hybridized carbons (Fsp3) is 0.240. The molecular weight excluding hydrogens is 456 g/mol. The number of hydrogen-bond donors (Lipinski definition) is 1. The lowest BCUT2D eigenvalue weighted by Gasteiger charge is -2.18. The summed E-state index contributed by atoms with van der Waals surface area (Å²) in [7, 11) is 1.63. The number of nitrogens with one attached hydrogen (secondary N) is 1. The minimum absolute atomic E-state index is 0.0462. The normalized spacial score (nSPS) is 11.1. The van der Waals surface area contributed by atoms with Gasteiger partial charge in [0.1, 0.15) is 4.83 Å². The Labute approximate surface area is 201 Å². The number of carbonyl (C=O) groups is 2. The Bertz CT molecular complexity index is 1370. The predicted molar refractivity (Wildman–Crippen MR) is 135 cm³/mol. The predicted octanol–water partition coefficient (Wildman–Crippen LogP) is 5.68. The monoisotopic (exact) mass is 480 g/mol. The fourth-order valence-corrected chi connectivity index (χ4v) is 5.36. The van der Waals surface area contributed by atoms with Gasteiger partial charge in [0.2, 0.25) is 5.91 Å². The second-order valence-electron chi connectivity index (χ2n) is 8.26. The Balaban J connectivity index is 1.54. The summed E-state index contributed by atoms with van der Waals surface area (Å²) in [6.45, 7) is 7.81. The number of benzene rings is 2. The molecule has 2 aromatic heterocycles. The topological polar surface area (TPSA) is 67.2 Å². The maximum Gasteiger partial charge on any atom is 0.264 e. The van der Waals surface area contributed by atoms with Gasteiger partial charge in [-0.15, -0.1) is 11.3 Å². The molecule has 0 spiro atoms. The molecule has 2 aromatic carbocycles. The average molecular weight is 481 g/mol. The molecule has 4 aromatic rings. The van der Waals surface area contributed by atoms with Gasteiger partial charge in [-0.25, -0.2) is 4.68 Å². The number of anilines is 1. The van der Waals surface area contributed by atoms with Crippen molar-refractivity contribution < 1.29 is 9.59 Å². The van der Waals surface area contributed by atoms with Gasteiger partial charge in [0.05, 0.1) is 27.8 Å². The Morgan fingerprint density at radius 1 is 1.09 bits per heavy atom. The molecule has 0 atom stereocenters. The highest BCUT2D eigenvalue weighted by atomic mass is 35.5. The minimum atomic E-state index is -0.236. The number of amides is 2. The summed E-state index contributed by atoms with van der Waals surface area (Å²) in [6.07, 6.45) is 0. The highest BCUT2D eigenvalue weighted by Crippen LogP contribution is 2.33. The number of hydrogen-bond acceptors (Lipinski definition) is 4. The number of aryl methyl sites for hydroxylation is 4. The quantitative estimate of drug-likeness (QED) is 0.399. The molecule has 2 heterocycles. The number of thiophene rings is 1. The molecule has 0 unspecified atom stereocenters. The van der Waals surface area contributed by atoms with Crippen LogP contribution in [0.4, 0.5) is 5.69 Å². The van der Waals surface area contributed by atoms with E-state index in [1.165, 1.54) is 16.2 Å². The Morgan fingerprint density at radius 3 is 2.42 bits per heavy atom. The first-order valence-corrected chi connectivity index (χ1v) is 11.7. The average Bonchev–Trinajstić information content (AvgIpc) is 3.31. The maximum atomic E-state index is 13.1. The molecule has 2 amide bonds. The number of fused-ring (bicyclic) bond motifs is 1. The van der Waals surface area contributed by atoms with Crippen LogP contribution in [0, 0.1) is 27.7 Å². The van der Waals surface area contributed by atoms with Crippen LogP contribution in [-0.4, -0.2) is 40.1 Å². The largest absolute Gasteiger partial charge is 0.332 e. The zero-order valence-corrected chi connectivity index (χ0v) is 20.8. The number of rotatable bonds is 5. The van der Waals surface area contributed by atoms with Crippen molar-refractivity contribution in [3.63, 3.8) is 0 Å². The summed E-state index contributed by atoms with van der Waals surface area (Å²) in [4.78, 5) is 28.6. The molecule has 1 N–H and O–H groups in total. The molecule has 0 radical (unpaired) electrons. The van der Waals surface area contributed by atoms with Crippen molar-refractivity contribution in [3.05, 3.63) is 74.7 Å². The van der Waals surface area contributed by atoms with E-state index >= 15 is 0 Å². The van der Waals surface area contributed by atoms with Crippen molar-refractivity contribution in [2.75, 3.05) is 18.9 Å². The second kappa shape index (κ2) is 9.00. The Morgan fingerprint density at radius 2 is 1.76 bits per heavy atom. The lowest BCUT2D eigenvalue weighted by atomic mass is 10.1. The van der Waals surface area contributed by atoms with E-state index in [4.69, 9.17) is 11.6 Å². The minimum Gasteiger partial charge on any atom is -0.332 e. The molecule has 170 valence electrons. The van der Waals surface area contributed by atoms with E-state index in [1.54, 1.807) is 11.7 Å². The first-order valence-electron chi connectivity index (χ1n) is 10.5. The van der Waals surface area contributed by atoms with Crippen LogP contribution >= 0.6 is 22.9 Å².